The van der Waals surface area contributed by atoms with Crippen LogP contribution in [0.5, 0.6) is 5.75 Å². The number of nitrogens with one attached hydrogen (secondary N) is 1. The molecular weight excluding hydrogens is 309 g/mol. The number of benzene rings is 1. The summed E-state index contributed by atoms with van der Waals surface area (Å²) in [5.74, 6) is 0.507. The van der Waals surface area contributed by atoms with Gasteiger partial charge in [-0.2, -0.15) is 0 Å². The molecule has 0 radical (unpaired) electrons. The van der Waals surface area contributed by atoms with Crippen LogP contribution in [0, 0.1) is 0 Å². The van der Waals surface area contributed by atoms with Crippen LogP contribution in [0.15, 0.2) is 18.2 Å². The molecular formula is C16H23Cl2NO2. The Labute approximate surface area is 136 Å². The SMILES string of the molecule is CC1(NCC(O)COc2cc(Cl)ccc2Cl)CCCCC1. The Balaban J connectivity index is 1.76. The topological polar surface area (TPSA) is 41.5 Å². The summed E-state index contributed by atoms with van der Waals surface area (Å²) in [6.45, 7) is 2.95. The summed E-state index contributed by atoms with van der Waals surface area (Å²) in [5.41, 5.74) is 0.146. The molecule has 0 amide bonds. The standard InChI is InChI=1S/C16H23Cl2NO2/c1-16(7-3-2-4-8-16)19-10-13(20)11-21-15-9-12(17)5-6-14(15)18/h5-6,9,13,19-20H,2-4,7-8,10-11H2,1H3. The Morgan fingerprint density at radius 2 is 2.00 bits per heavy atom. The first-order valence-corrected chi connectivity index (χ1v) is 8.25. The van der Waals surface area contributed by atoms with E-state index in [4.69, 9.17) is 27.9 Å². The molecule has 0 bridgehead atoms. The average molecular weight is 332 g/mol. The smallest absolute Gasteiger partial charge is 0.139 e. The van der Waals surface area contributed by atoms with Crippen molar-refractivity contribution in [3.05, 3.63) is 28.2 Å². The molecule has 0 saturated heterocycles. The predicted octanol–water partition coefficient (Wildman–Crippen LogP) is 4.05. The van der Waals surface area contributed by atoms with Crippen LogP contribution >= 0.6 is 23.2 Å². The highest BCUT2D eigenvalue weighted by atomic mass is 35.5. The zero-order valence-corrected chi connectivity index (χ0v) is 13.9. The van der Waals surface area contributed by atoms with Crippen molar-refractivity contribution in [2.75, 3.05) is 13.2 Å². The van der Waals surface area contributed by atoms with Gasteiger partial charge in [-0.1, -0.05) is 42.5 Å². The Morgan fingerprint density at radius 1 is 1.29 bits per heavy atom. The zero-order chi connectivity index (χ0) is 15.3. The first-order valence-electron chi connectivity index (χ1n) is 7.49. The van der Waals surface area contributed by atoms with Gasteiger partial charge in [0, 0.05) is 23.2 Å². The maximum Gasteiger partial charge on any atom is 0.139 e. The summed E-state index contributed by atoms with van der Waals surface area (Å²) in [7, 11) is 0. The number of aliphatic hydroxyl groups excluding tert-OH is 1. The molecule has 1 unspecified atom stereocenters. The molecule has 21 heavy (non-hydrogen) atoms. The lowest BCUT2D eigenvalue weighted by molar-refractivity contribution is 0.0931. The predicted molar refractivity (Wildman–Crippen MR) is 87.5 cm³/mol. The lowest BCUT2D eigenvalue weighted by Gasteiger charge is -2.35. The Bertz CT molecular complexity index is 462. The van der Waals surface area contributed by atoms with Gasteiger partial charge in [0.15, 0.2) is 0 Å². The number of hydrogen-bond acceptors (Lipinski definition) is 3. The second-order valence-corrected chi connectivity index (χ2v) is 6.89. The third kappa shape index (κ3) is 5.33. The van der Waals surface area contributed by atoms with Gasteiger partial charge in [-0.25, -0.2) is 0 Å². The van der Waals surface area contributed by atoms with Crippen molar-refractivity contribution in [3.63, 3.8) is 0 Å². The lowest BCUT2D eigenvalue weighted by Crippen LogP contribution is -2.48. The van der Waals surface area contributed by atoms with Gasteiger partial charge in [-0.3, -0.25) is 0 Å². The van der Waals surface area contributed by atoms with Crippen molar-refractivity contribution < 1.29 is 9.84 Å². The van der Waals surface area contributed by atoms with E-state index in [0.717, 1.165) is 0 Å². The molecule has 118 valence electrons. The van der Waals surface area contributed by atoms with Crippen molar-refractivity contribution in [2.24, 2.45) is 0 Å². The van der Waals surface area contributed by atoms with Crippen LogP contribution in [-0.2, 0) is 0 Å². The minimum absolute atomic E-state index is 0.146. The number of ether oxygens (including phenoxy) is 1. The highest BCUT2D eigenvalue weighted by molar-refractivity contribution is 6.34. The summed E-state index contributed by atoms with van der Waals surface area (Å²) < 4.78 is 5.55. The van der Waals surface area contributed by atoms with Crippen LogP contribution in [0.3, 0.4) is 0 Å². The van der Waals surface area contributed by atoms with Gasteiger partial charge < -0.3 is 15.2 Å². The molecule has 1 aromatic carbocycles. The van der Waals surface area contributed by atoms with Crippen molar-refractivity contribution in [1.29, 1.82) is 0 Å². The maximum absolute atomic E-state index is 10.1. The molecule has 2 N–H and O–H groups in total. The fraction of sp³-hybridized carbons (Fsp3) is 0.625. The fourth-order valence-corrected chi connectivity index (χ4v) is 3.04. The van der Waals surface area contributed by atoms with Crippen molar-refractivity contribution in [2.45, 2.75) is 50.7 Å². The van der Waals surface area contributed by atoms with E-state index < -0.39 is 6.10 Å². The van der Waals surface area contributed by atoms with E-state index in [2.05, 4.69) is 12.2 Å². The van der Waals surface area contributed by atoms with E-state index in [1.807, 2.05) is 0 Å². The molecule has 0 spiro atoms. The molecule has 1 aromatic rings. The summed E-state index contributed by atoms with van der Waals surface area (Å²) in [5, 5.41) is 14.6. The van der Waals surface area contributed by atoms with Crippen molar-refractivity contribution >= 4 is 23.2 Å². The minimum atomic E-state index is -0.571. The summed E-state index contributed by atoms with van der Waals surface area (Å²) >= 11 is 11.9. The molecule has 2 rings (SSSR count). The van der Waals surface area contributed by atoms with E-state index in [1.54, 1.807) is 18.2 Å². The van der Waals surface area contributed by atoms with Gasteiger partial charge in [0.25, 0.3) is 0 Å². The minimum Gasteiger partial charge on any atom is -0.489 e. The first-order chi connectivity index (χ1) is 9.98. The van der Waals surface area contributed by atoms with E-state index in [-0.39, 0.29) is 12.1 Å². The third-order valence-corrected chi connectivity index (χ3v) is 4.59. The first kappa shape index (κ1) is 16.9. The Hall–Kier alpha value is -0.480. The second kappa shape index (κ2) is 7.68. The summed E-state index contributed by atoms with van der Waals surface area (Å²) in [6, 6.07) is 5.05. The van der Waals surface area contributed by atoms with Gasteiger partial charge >= 0.3 is 0 Å². The number of hydrogen-bond donors (Lipinski definition) is 2. The van der Waals surface area contributed by atoms with Crippen LogP contribution in [0.1, 0.15) is 39.0 Å². The third-order valence-electron chi connectivity index (χ3n) is 4.05. The lowest BCUT2D eigenvalue weighted by atomic mass is 9.83. The van der Waals surface area contributed by atoms with Crippen LogP contribution in [0.2, 0.25) is 10.0 Å². The molecule has 5 heteroatoms. The maximum atomic E-state index is 10.1. The quantitative estimate of drug-likeness (QED) is 0.826. The largest absolute Gasteiger partial charge is 0.489 e. The summed E-state index contributed by atoms with van der Waals surface area (Å²) in [6.07, 6.45) is 5.60. The van der Waals surface area contributed by atoms with Crippen molar-refractivity contribution in [1.82, 2.24) is 5.32 Å². The van der Waals surface area contributed by atoms with Gasteiger partial charge in [0.1, 0.15) is 18.5 Å². The van der Waals surface area contributed by atoms with Crippen molar-refractivity contribution in [3.8, 4) is 5.75 Å². The van der Waals surface area contributed by atoms with Gasteiger partial charge in [-0.05, 0) is 31.9 Å². The van der Waals surface area contributed by atoms with Crippen LogP contribution in [-0.4, -0.2) is 29.9 Å². The van der Waals surface area contributed by atoms with Gasteiger partial charge in [0.05, 0.1) is 5.02 Å². The van der Waals surface area contributed by atoms with Gasteiger partial charge in [-0.15, -0.1) is 0 Å². The Morgan fingerprint density at radius 3 is 2.71 bits per heavy atom. The van der Waals surface area contributed by atoms with E-state index >= 15 is 0 Å². The van der Waals surface area contributed by atoms with Crippen LogP contribution in [0.25, 0.3) is 0 Å². The normalized spacial score (nSPS) is 19.2. The number of rotatable bonds is 6. The molecule has 0 aliphatic heterocycles. The average Bonchev–Trinajstić information content (AvgIpc) is 2.47. The molecule has 0 heterocycles. The molecule has 1 atom stereocenters. The molecule has 0 aromatic heterocycles. The number of aliphatic hydroxyl groups is 1. The molecule has 1 aliphatic rings. The molecule has 1 aliphatic carbocycles. The van der Waals surface area contributed by atoms with E-state index in [1.165, 1.54) is 32.1 Å². The van der Waals surface area contributed by atoms with E-state index in [9.17, 15) is 5.11 Å². The van der Waals surface area contributed by atoms with E-state index in [0.29, 0.717) is 22.3 Å². The number of halogens is 2. The summed E-state index contributed by atoms with van der Waals surface area (Å²) in [4.78, 5) is 0. The highest BCUT2D eigenvalue weighted by Crippen LogP contribution is 2.28. The Kier molecular flexibility index (Phi) is 6.18. The zero-order valence-electron chi connectivity index (χ0n) is 12.4. The van der Waals surface area contributed by atoms with Gasteiger partial charge in [0.2, 0.25) is 0 Å². The fourth-order valence-electron chi connectivity index (χ4n) is 2.71. The molecule has 1 saturated carbocycles. The molecule has 3 nitrogen and oxygen atoms in total. The highest BCUT2D eigenvalue weighted by Gasteiger charge is 2.26. The van der Waals surface area contributed by atoms with Crippen LogP contribution in [0.4, 0.5) is 0 Å². The number of β-amino-alcohol motifs (C(OH)–C–C–N with tert-alkyl or cyclic N) is 1. The monoisotopic (exact) mass is 331 g/mol. The van der Waals surface area contributed by atoms with Crippen LogP contribution < -0.4 is 10.1 Å². The molecule has 1 fully saturated rings. The second-order valence-electron chi connectivity index (χ2n) is 6.04.